The number of amides is 1. The second kappa shape index (κ2) is 8.14. The number of allylic oxidation sites excluding steroid dienone is 4. The Morgan fingerprint density at radius 3 is 2.68 bits per heavy atom. The van der Waals surface area contributed by atoms with Crippen molar-refractivity contribution < 1.29 is 24.9 Å². The highest BCUT2D eigenvalue weighted by Crippen LogP contribution is 2.67. The Bertz CT molecular complexity index is 1050. The van der Waals surface area contributed by atoms with E-state index in [1.165, 1.54) is 0 Å². The fraction of sp³-hybridized carbons (Fsp3) is 0.571. The zero-order valence-electron chi connectivity index (χ0n) is 19.9. The van der Waals surface area contributed by atoms with Crippen LogP contribution in [0.15, 0.2) is 54.1 Å². The van der Waals surface area contributed by atoms with Crippen molar-refractivity contribution in [2.75, 3.05) is 0 Å². The van der Waals surface area contributed by atoms with Crippen molar-refractivity contribution >= 4 is 11.7 Å². The zero-order valence-corrected chi connectivity index (χ0v) is 19.9. The molecule has 6 nitrogen and oxygen atoms in total. The first-order valence-corrected chi connectivity index (χ1v) is 12.4. The van der Waals surface area contributed by atoms with E-state index in [9.17, 15) is 24.9 Å². The van der Waals surface area contributed by atoms with Gasteiger partial charge in [0.1, 0.15) is 5.60 Å². The highest BCUT2D eigenvalue weighted by Gasteiger charge is 2.68. The highest BCUT2D eigenvalue weighted by molar-refractivity contribution is 6.01. The first-order valence-electron chi connectivity index (χ1n) is 12.4. The van der Waals surface area contributed by atoms with Crippen LogP contribution in [0.25, 0.3) is 0 Å². The van der Waals surface area contributed by atoms with Crippen molar-refractivity contribution in [3.05, 3.63) is 59.7 Å². The van der Waals surface area contributed by atoms with Gasteiger partial charge >= 0.3 is 0 Å². The second-order valence-corrected chi connectivity index (χ2v) is 11.3. The number of hydrogen-bond donors (Lipinski definition) is 4. The first-order chi connectivity index (χ1) is 16.1. The molecule has 182 valence electrons. The van der Waals surface area contributed by atoms with Crippen LogP contribution in [0.5, 0.6) is 0 Å². The molecule has 0 heterocycles. The van der Waals surface area contributed by atoms with Gasteiger partial charge in [0.25, 0.3) is 5.91 Å². The molecule has 6 heteroatoms. The summed E-state index contributed by atoms with van der Waals surface area (Å²) in [6, 6.07) is 9.46. The molecule has 3 saturated carbocycles. The molecule has 4 aliphatic rings. The van der Waals surface area contributed by atoms with Gasteiger partial charge in [-0.2, -0.15) is 0 Å². The molecular weight excluding hydrogens is 430 g/mol. The van der Waals surface area contributed by atoms with Crippen molar-refractivity contribution in [1.29, 1.82) is 0 Å². The summed E-state index contributed by atoms with van der Waals surface area (Å²) in [5.74, 6) is -0.420. The molecule has 1 aromatic carbocycles. The van der Waals surface area contributed by atoms with E-state index in [1.54, 1.807) is 12.2 Å². The van der Waals surface area contributed by atoms with Crippen LogP contribution in [-0.2, 0) is 16.1 Å². The molecule has 0 saturated heterocycles. The summed E-state index contributed by atoms with van der Waals surface area (Å²) >= 11 is 0. The molecule has 1 aromatic rings. The summed E-state index contributed by atoms with van der Waals surface area (Å²) in [4.78, 5) is 24.9. The fourth-order valence-corrected chi connectivity index (χ4v) is 7.91. The number of hydrogen-bond acceptors (Lipinski definition) is 5. The maximum atomic E-state index is 12.9. The topological polar surface area (TPSA) is 107 Å². The Morgan fingerprint density at radius 2 is 1.94 bits per heavy atom. The van der Waals surface area contributed by atoms with Crippen molar-refractivity contribution in [3.8, 4) is 0 Å². The molecule has 1 amide bonds. The van der Waals surface area contributed by atoms with Crippen LogP contribution in [-0.4, -0.2) is 44.8 Å². The van der Waals surface area contributed by atoms with E-state index >= 15 is 0 Å². The maximum absolute atomic E-state index is 12.9. The van der Waals surface area contributed by atoms with Crippen LogP contribution < -0.4 is 5.32 Å². The van der Waals surface area contributed by atoms with E-state index in [0.717, 1.165) is 24.0 Å². The lowest BCUT2D eigenvalue weighted by Gasteiger charge is -2.60. The standard InChI is InChI=1S/C28H35NO5/c1-26-12-10-19(30)14-18(26)8-9-20-21-11-13-28(34,27(21,2)15-22(31)23(20)26)24(32)25(33)29-16-17-6-4-3-5-7-17/h3-7,10,12,14,20-24,31-32,34H,8-9,11,13,15-16H2,1-2H3,(H,29,33)/t20-,21-,22-,23+,24-,26-,27-,28-/m0/s1. The van der Waals surface area contributed by atoms with Crippen LogP contribution in [0.2, 0.25) is 0 Å². The van der Waals surface area contributed by atoms with E-state index in [-0.39, 0.29) is 35.5 Å². The largest absolute Gasteiger partial charge is 0.393 e. The van der Waals surface area contributed by atoms with Crippen LogP contribution in [0, 0.1) is 28.6 Å². The van der Waals surface area contributed by atoms with Crippen molar-refractivity contribution in [1.82, 2.24) is 5.32 Å². The van der Waals surface area contributed by atoms with Gasteiger partial charge in [-0.15, -0.1) is 0 Å². The van der Waals surface area contributed by atoms with Gasteiger partial charge < -0.3 is 20.6 Å². The monoisotopic (exact) mass is 465 g/mol. The Morgan fingerprint density at radius 1 is 1.21 bits per heavy atom. The normalized spacial score (nSPS) is 41.7. The van der Waals surface area contributed by atoms with Gasteiger partial charge in [0.2, 0.25) is 0 Å². The quantitative estimate of drug-likeness (QED) is 0.547. The molecule has 4 N–H and O–H groups in total. The number of aliphatic hydroxyl groups is 3. The summed E-state index contributed by atoms with van der Waals surface area (Å²) in [7, 11) is 0. The van der Waals surface area contributed by atoms with E-state index in [4.69, 9.17) is 0 Å². The SMILES string of the molecule is C[C@]12C=CC(=O)C=C1CC[C@@H]1[C@@H]2[C@@H](O)C[C@@]2(C)[C@H]1CC[C@]2(O)[C@@H](O)C(=O)NCc1ccccc1. The minimum atomic E-state index is -1.61. The smallest absolute Gasteiger partial charge is 0.252 e. The molecule has 0 aromatic heterocycles. The maximum Gasteiger partial charge on any atom is 0.252 e. The average Bonchev–Trinajstić information content (AvgIpc) is 3.09. The number of fused-ring (bicyclic) bond motifs is 5. The van der Waals surface area contributed by atoms with Crippen LogP contribution in [0.3, 0.4) is 0 Å². The molecule has 5 rings (SSSR count). The molecule has 3 fully saturated rings. The molecule has 0 aliphatic heterocycles. The van der Waals surface area contributed by atoms with Gasteiger partial charge in [-0.3, -0.25) is 9.59 Å². The summed E-state index contributed by atoms with van der Waals surface area (Å²) in [5.41, 5.74) is -0.788. The third-order valence-electron chi connectivity index (χ3n) is 9.72. The van der Waals surface area contributed by atoms with Gasteiger partial charge in [-0.25, -0.2) is 0 Å². The molecule has 34 heavy (non-hydrogen) atoms. The highest BCUT2D eigenvalue weighted by atomic mass is 16.4. The molecule has 8 atom stereocenters. The lowest BCUT2D eigenvalue weighted by atomic mass is 9.46. The van der Waals surface area contributed by atoms with Crippen molar-refractivity contribution in [3.63, 3.8) is 0 Å². The van der Waals surface area contributed by atoms with Gasteiger partial charge in [0.15, 0.2) is 11.9 Å². The first kappa shape index (κ1) is 23.5. The number of nitrogens with one attached hydrogen (secondary N) is 1. The number of carbonyl (C=O) groups is 2. The summed E-state index contributed by atoms with van der Waals surface area (Å²) in [6.07, 6.45) is 5.95. The number of ketones is 1. The molecule has 4 aliphatic carbocycles. The number of rotatable bonds is 4. The third-order valence-corrected chi connectivity index (χ3v) is 9.72. The van der Waals surface area contributed by atoms with E-state index in [0.29, 0.717) is 19.3 Å². The zero-order chi connectivity index (χ0) is 24.3. The van der Waals surface area contributed by atoms with Gasteiger partial charge in [0, 0.05) is 23.3 Å². The predicted molar refractivity (Wildman–Crippen MR) is 127 cm³/mol. The number of benzene rings is 1. The molecule has 0 bridgehead atoms. The summed E-state index contributed by atoms with van der Waals surface area (Å²) in [5, 5.41) is 37.2. The lowest BCUT2D eigenvalue weighted by molar-refractivity contribution is -0.200. The summed E-state index contributed by atoms with van der Waals surface area (Å²) in [6.45, 7) is 4.32. The van der Waals surface area contributed by atoms with Gasteiger partial charge in [-0.05, 0) is 61.7 Å². The Balaban J connectivity index is 1.39. The van der Waals surface area contributed by atoms with Crippen LogP contribution in [0.4, 0.5) is 0 Å². The Kier molecular flexibility index (Phi) is 5.62. The van der Waals surface area contributed by atoms with Crippen LogP contribution >= 0.6 is 0 Å². The summed E-state index contributed by atoms with van der Waals surface area (Å²) < 4.78 is 0. The van der Waals surface area contributed by atoms with Crippen molar-refractivity contribution in [2.45, 2.75) is 70.3 Å². The molecule has 0 radical (unpaired) electrons. The van der Waals surface area contributed by atoms with Gasteiger partial charge in [-0.1, -0.05) is 55.8 Å². The van der Waals surface area contributed by atoms with E-state index in [2.05, 4.69) is 12.2 Å². The molecule has 0 unspecified atom stereocenters. The Hall–Kier alpha value is -2.28. The lowest BCUT2D eigenvalue weighted by Crippen LogP contribution is -2.64. The second-order valence-electron chi connectivity index (χ2n) is 11.3. The predicted octanol–water partition coefficient (Wildman–Crippen LogP) is 2.67. The van der Waals surface area contributed by atoms with E-state index < -0.39 is 29.1 Å². The average molecular weight is 466 g/mol. The molecular formula is C28H35NO5. The minimum Gasteiger partial charge on any atom is -0.393 e. The van der Waals surface area contributed by atoms with Gasteiger partial charge in [0.05, 0.1) is 6.10 Å². The fourth-order valence-electron chi connectivity index (χ4n) is 7.91. The van der Waals surface area contributed by atoms with Crippen LogP contribution in [0.1, 0.15) is 51.5 Å². The Labute approximate surface area is 200 Å². The molecule has 0 spiro atoms. The number of aliphatic hydroxyl groups excluding tert-OH is 2. The minimum absolute atomic E-state index is 0.000872. The third kappa shape index (κ3) is 3.34. The number of carbonyl (C=O) groups excluding carboxylic acids is 2. The van der Waals surface area contributed by atoms with E-state index in [1.807, 2.05) is 43.3 Å². The van der Waals surface area contributed by atoms with Crippen molar-refractivity contribution in [2.24, 2.45) is 28.6 Å².